The van der Waals surface area contributed by atoms with Crippen LogP contribution >= 0.6 is 22.6 Å². The van der Waals surface area contributed by atoms with Crippen molar-refractivity contribution in [3.63, 3.8) is 0 Å². The zero-order chi connectivity index (χ0) is 27.5. The first-order valence-electron chi connectivity index (χ1n) is 12.9. The van der Waals surface area contributed by atoms with Crippen LogP contribution in [0, 0.1) is 3.57 Å². The molecule has 0 saturated carbocycles. The van der Waals surface area contributed by atoms with Crippen LogP contribution in [0.5, 0.6) is 5.75 Å². The molecule has 3 unspecified atom stereocenters. The maximum atomic E-state index is 13.6. The van der Waals surface area contributed by atoms with Gasteiger partial charge in [0, 0.05) is 31.7 Å². The average molecular weight is 637 g/mol. The van der Waals surface area contributed by atoms with Gasteiger partial charge in [0.2, 0.25) is 11.8 Å². The summed E-state index contributed by atoms with van der Waals surface area (Å²) in [4.78, 5) is 28.2. The molecular weight excluding hydrogens is 599 g/mol. The van der Waals surface area contributed by atoms with Crippen molar-refractivity contribution in [2.24, 2.45) is 0 Å². The molecule has 3 atom stereocenters. The molecule has 9 heteroatoms. The molecule has 0 saturated heterocycles. The van der Waals surface area contributed by atoms with Crippen LogP contribution in [-0.2, 0) is 20.7 Å². The van der Waals surface area contributed by atoms with Crippen molar-refractivity contribution in [3.05, 3.63) is 75.4 Å². The molecule has 0 bridgehead atoms. The molecule has 0 heterocycles. The van der Waals surface area contributed by atoms with Crippen molar-refractivity contribution in [1.82, 2.24) is 10.2 Å². The molecule has 38 heavy (non-hydrogen) atoms. The van der Waals surface area contributed by atoms with Crippen molar-refractivity contribution < 1.29 is 29.3 Å². The van der Waals surface area contributed by atoms with E-state index in [2.05, 4.69) is 27.9 Å². The predicted octanol–water partition coefficient (Wildman–Crippen LogP) is 3.09. The minimum absolute atomic E-state index is 0.0691. The quantitative estimate of drug-likeness (QED) is 0.231. The lowest BCUT2D eigenvalue weighted by Crippen LogP contribution is -2.55. The molecule has 2 amide bonds. The second kappa shape index (κ2) is 15.2. The third kappa shape index (κ3) is 8.79. The van der Waals surface area contributed by atoms with Crippen molar-refractivity contribution in [2.45, 2.75) is 57.5 Å². The molecule has 3 rings (SSSR count). The largest absolute Gasteiger partial charge is 0.482 e. The van der Waals surface area contributed by atoms with Crippen molar-refractivity contribution in [2.75, 3.05) is 26.3 Å². The topological polar surface area (TPSA) is 108 Å². The lowest BCUT2D eigenvalue weighted by atomic mass is 9.87. The van der Waals surface area contributed by atoms with Gasteiger partial charge in [-0.1, -0.05) is 42.5 Å². The van der Waals surface area contributed by atoms with E-state index in [1.54, 1.807) is 17.0 Å². The number of para-hydroxylation sites is 1. The van der Waals surface area contributed by atoms with Gasteiger partial charge in [-0.15, -0.1) is 0 Å². The lowest BCUT2D eigenvalue weighted by molar-refractivity contribution is -0.138. The average Bonchev–Trinajstić information content (AvgIpc) is 2.90. The molecule has 2 aromatic carbocycles. The van der Waals surface area contributed by atoms with E-state index in [0.29, 0.717) is 30.9 Å². The van der Waals surface area contributed by atoms with Crippen LogP contribution in [0.15, 0.2) is 66.2 Å². The van der Waals surface area contributed by atoms with Gasteiger partial charge in [-0.2, -0.15) is 0 Å². The van der Waals surface area contributed by atoms with E-state index in [0.717, 1.165) is 9.13 Å². The van der Waals surface area contributed by atoms with E-state index < -0.39 is 18.2 Å². The number of hydrogen-bond donors (Lipinski definition) is 3. The minimum atomic E-state index is -1.06. The molecular formula is C29H37IN2O6. The Morgan fingerprint density at radius 1 is 1.13 bits per heavy atom. The number of aliphatic hydroxyl groups excluding tert-OH is 2. The number of nitrogens with one attached hydrogen (secondary N) is 1. The van der Waals surface area contributed by atoms with Crippen molar-refractivity contribution in [1.29, 1.82) is 0 Å². The summed E-state index contributed by atoms with van der Waals surface area (Å²) in [6.45, 7) is 4.66. The zero-order valence-electron chi connectivity index (χ0n) is 21.9. The van der Waals surface area contributed by atoms with E-state index in [1.807, 2.05) is 62.4 Å². The van der Waals surface area contributed by atoms with Crippen LogP contribution in [-0.4, -0.2) is 77.6 Å². The molecule has 0 radical (unpaired) electrons. The first-order chi connectivity index (χ1) is 18.3. The van der Waals surface area contributed by atoms with Gasteiger partial charge in [0.05, 0.1) is 28.7 Å². The summed E-state index contributed by atoms with van der Waals surface area (Å²) < 4.78 is 12.8. The van der Waals surface area contributed by atoms with Gasteiger partial charge in [0.25, 0.3) is 0 Å². The summed E-state index contributed by atoms with van der Waals surface area (Å²) in [5, 5.41) is 23.4. The van der Waals surface area contributed by atoms with Gasteiger partial charge in [0.1, 0.15) is 18.0 Å². The van der Waals surface area contributed by atoms with Gasteiger partial charge >= 0.3 is 0 Å². The number of hydrogen-bond acceptors (Lipinski definition) is 6. The van der Waals surface area contributed by atoms with Crippen LogP contribution in [0.3, 0.4) is 0 Å². The van der Waals surface area contributed by atoms with Gasteiger partial charge in [-0.25, -0.2) is 0 Å². The molecule has 8 nitrogen and oxygen atoms in total. The number of carbonyl (C=O) groups excluding carboxylic acids is 2. The summed E-state index contributed by atoms with van der Waals surface area (Å²) in [7, 11) is 0. The SMILES string of the molecule is CC(C)OCCCN(C(=O)Cc1ccccc1)C1CC(C(=O)NCCO)=CC(Oc2ccccc2I)C1O. The maximum Gasteiger partial charge on any atom is 0.247 e. The Hall–Kier alpha value is -2.47. The number of amides is 2. The maximum absolute atomic E-state index is 13.6. The number of nitrogens with zero attached hydrogens (tertiary/aromatic N) is 1. The second-order valence-corrected chi connectivity index (χ2v) is 10.6. The van der Waals surface area contributed by atoms with Gasteiger partial charge in [-0.3, -0.25) is 9.59 Å². The molecule has 0 spiro atoms. The van der Waals surface area contributed by atoms with E-state index in [9.17, 15) is 19.8 Å². The number of rotatable bonds is 13. The predicted molar refractivity (Wildman–Crippen MR) is 154 cm³/mol. The normalized spacial score (nSPS) is 19.1. The first kappa shape index (κ1) is 30.1. The number of benzene rings is 2. The van der Waals surface area contributed by atoms with Crippen molar-refractivity contribution in [3.8, 4) is 5.75 Å². The monoisotopic (exact) mass is 636 g/mol. The molecule has 0 aliphatic heterocycles. The van der Waals surface area contributed by atoms with Crippen LogP contribution in [0.25, 0.3) is 0 Å². The van der Waals surface area contributed by atoms with E-state index in [4.69, 9.17) is 9.47 Å². The zero-order valence-corrected chi connectivity index (χ0v) is 24.0. The number of aliphatic hydroxyl groups is 2. The summed E-state index contributed by atoms with van der Waals surface area (Å²) in [5.41, 5.74) is 1.27. The van der Waals surface area contributed by atoms with Gasteiger partial charge < -0.3 is 29.9 Å². The number of halogens is 1. The van der Waals surface area contributed by atoms with E-state index in [-0.39, 0.29) is 43.9 Å². The lowest BCUT2D eigenvalue weighted by Gasteiger charge is -2.40. The fourth-order valence-electron chi connectivity index (χ4n) is 4.37. The summed E-state index contributed by atoms with van der Waals surface area (Å²) in [6.07, 6.45) is 0.700. The minimum Gasteiger partial charge on any atom is -0.482 e. The molecule has 1 aliphatic carbocycles. The van der Waals surface area contributed by atoms with Crippen LogP contribution < -0.4 is 10.1 Å². The highest BCUT2D eigenvalue weighted by Crippen LogP contribution is 2.30. The van der Waals surface area contributed by atoms with E-state index >= 15 is 0 Å². The van der Waals surface area contributed by atoms with Gasteiger partial charge in [0.15, 0.2) is 0 Å². The summed E-state index contributed by atoms with van der Waals surface area (Å²) in [6, 6.07) is 16.2. The molecule has 1 aliphatic rings. The van der Waals surface area contributed by atoms with Crippen LogP contribution in [0.2, 0.25) is 0 Å². The standard InChI is InChI=1S/C29H37IN2O6/c1-20(2)37-16-8-14-32(27(34)17-21-9-4-3-5-10-21)24-18-22(29(36)31-13-15-33)19-26(28(24)35)38-25-12-7-6-11-23(25)30/h3-7,9-12,19-20,24,26,28,33,35H,8,13-18H2,1-2H3,(H,31,36). The molecule has 3 N–H and O–H groups in total. The number of ether oxygens (including phenoxy) is 2. The second-order valence-electron chi connectivity index (χ2n) is 9.47. The highest BCUT2D eigenvalue weighted by atomic mass is 127. The Morgan fingerprint density at radius 3 is 2.53 bits per heavy atom. The fourth-order valence-corrected chi connectivity index (χ4v) is 4.88. The molecule has 0 aromatic heterocycles. The number of carbonyl (C=O) groups is 2. The smallest absolute Gasteiger partial charge is 0.247 e. The summed E-state index contributed by atoms with van der Waals surface area (Å²) >= 11 is 2.16. The molecule has 206 valence electrons. The first-order valence-corrected chi connectivity index (χ1v) is 14.0. The Bertz CT molecular complexity index is 1080. The summed E-state index contributed by atoms with van der Waals surface area (Å²) in [5.74, 6) is 0.0809. The highest BCUT2D eigenvalue weighted by Gasteiger charge is 2.40. The Kier molecular flexibility index (Phi) is 12.0. The third-order valence-electron chi connectivity index (χ3n) is 6.23. The van der Waals surface area contributed by atoms with Crippen LogP contribution in [0.4, 0.5) is 0 Å². The van der Waals surface area contributed by atoms with Crippen molar-refractivity contribution >= 4 is 34.4 Å². The Balaban J connectivity index is 1.90. The highest BCUT2D eigenvalue weighted by molar-refractivity contribution is 14.1. The van der Waals surface area contributed by atoms with E-state index in [1.165, 1.54) is 0 Å². The third-order valence-corrected chi connectivity index (χ3v) is 7.12. The van der Waals surface area contributed by atoms with Gasteiger partial charge in [-0.05, 0) is 66.6 Å². The van der Waals surface area contributed by atoms with Crippen LogP contribution in [0.1, 0.15) is 32.3 Å². The molecule has 2 aromatic rings. The Labute approximate surface area is 238 Å². The fraction of sp³-hybridized carbons (Fsp3) is 0.448. The Morgan fingerprint density at radius 2 is 1.84 bits per heavy atom. The molecule has 0 fully saturated rings.